The van der Waals surface area contributed by atoms with Crippen LogP contribution >= 0.6 is 0 Å². The highest BCUT2D eigenvalue weighted by molar-refractivity contribution is 5.91. The summed E-state index contributed by atoms with van der Waals surface area (Å²) >= 11 is 0. The van der Waals surface area contributed by atoms with Gasteiger partial charge < -0.3 is 19.9 Å². The second kappa shape index (κ2) is 8.25. The average molecular weight is 423 g/mol. The summed E-state index contributed by atoms with van der Waals surface area (Å²) in [7, 11) is 0. The molecule has 0 saturated carbocycles. The number of hydrogen-bond donors (Lipinski definition) is 2. The van der Waals surface area contributed by atoms with Crippen molar-refractivity contribution in [3.8, 4) is 0 Å². The molecule has 2 atom stereocenters. The fourth-order valence-corrected chi connectivity index (χ4v) is 4.37. The molecule has 10 heteroatoms. The number of likely N-dealkylation sites (tertiary alicyclic amines) is 1. The zero-order chi connectivity index (χ0) is 21.3. The van der Waals surface area contributed by atoms with E-state index in [1.54, 1.807) is 0 Å². The molecule has 162 valence electrons. The summed E-state index contributed by atoms with van der Waals surface area (Å²) in [6.07, 6.45) is 1.54. The Morgan fingerprint density at radius 2 is 2.07 bits per heavy atom. The SMILES string of the molecule is C=CC(=O)N1C[C@H](Nc2ncnc3[nH]cc(C4CCOCC4)c23)C[C@@H](C(F)(F)F)C1. The lowest BCUT2D eigenvalue weighted by molar-refractivity contribution is -0.188. The molecule has 4 rings (SSSR count). The van der Waals surface area contributed by atoms with Crippen molar-refractivity contribution < 1.29 is 22.7 Å². The number of ether oxygens (including phenoxy) is 1. The minimum atomic E-state index is -4.39. The summed E-state index contributed by atoms with van der Waals surface area (Å²) in [5, 5.41) is 3.96. The summed E-state index contributed by atoms with van der Waals surface area (Å²) in [5.41, 5.74) is 1.68. The molecule has 2 aromatic heterocycles. The predicted octanol–water partition coefficient (Wildman–Crippen LogP) is 3.23. The molecule has 0 aromatic carbocycles. The molecule has 2 aliphatic heterocycles. The third-order valence-electron chi connectivity index (χ3n) is 5.90. The number of aromatic amines is 1. The minimum absolute atomic E-state index is 0.132. The molecule has 0 unspecified atom stereocenters. The fraction of sp³-hybridized carbons (Fsp3) is 0.550. The zero-order valence-electron chi connectivity index (χ0n) is 16.4. The van der Waals surface area contributed by atoms with Crippen LogP contribution < -0.4 is 5.32 Å². The third-order valence-corrected chi connectivity index (χ3v) is 5.90. The van der Waals surface area contributed by atoms with E-state index in [0.29, 0.717) is 24.7 Å². The maximum absolute atomic E-state index is 13.5. The molecular weight excluding hydrogens is 399 g/mol. The number of nitrogens with zero attached hydrogens (tertiary/aromatic N) is 3. The van der Waals surface area contributed by atoms with Gasteiger partial charge in [-0.05, 0) is 36.8 Å². The Morgan fingerprint density at radius 1 is 1.30 bits per heavy atom. The van der Waals surface area contributed by atoms with Crippen molar-refractivity contribution >= 4 is 22.8 Å². The Bertz CT molecular complexity index is 923. The van der Waals surface area contributed by atoms with Gasteiger partial charge in [-0.15, -0.1) is 0 Å². The Kier molecular flexibility index (Phi) is 5.68. The van der Waals surface area contributed by atoms with Crippen LogP contribution in [0.3, 0.4) is 0 Å². The number of piperidine rings is 1. The number of carbonyl (C=O) groups excluding carboxylic acids is 1. The number of H-pyrrole nitrogens is 1. The number of nitrogens with one attached hydrogen (secondary N) is 2. The first-order valence-corrected chi connectivity index (χ1v) is 10.0. The number of alkyl halides is 3. The molecule has 2 fully saturated rings. The van der Waals surface area contributed by atoms with Gasteiger partial charge in [0.1, 0.15) is 17.8 Å². The number of halogens is 3. The molecule has 30 heavy (non-hydrogen) atoms. The van der Waals surface area contributed by atoms with Gasteiger partial charge in [0.05, 0.1) is 11.3 Å². The number of fused-ring (bicyclic) bond motifs is 1. The summed E-state index contributed by atoms with van der Waals surface area (Å²) < 4.78 is 45.9. The van der Waals surface area contributed by atoms with E-state index in [-0.39, 0.29) is 25.4 Å². The van der Waals surface area contributed by atoms with E-state index in [9.17, 15) is 18.0 Å². The molecule has 0 bridgehead atoms. The van der Waals surface area contributed by atoms with E-state index in [2.05, 4.69) is 26.8 Å². The van der Waals surface area contributed by atoms with Crippen molar-refractivity contribution in [2.24, 2.45) is 5.92 Å². The third kappa shape index (κ3) is 4.14. The van der Waals surface area contributed by atoms with E-state index in [4.69, 9.17) is 4.74 Å². The molecule has 2 saturated heterocycles. The van der Waals surface area contributed by atoms with Crippen molar-refractivity contribution in [2.75, 3.05) is 31.6 Å². The second-order valence-corrected chi connectivity index (χ2v) is 7.84. The largest absolute Gasteiger partial charge is 0.393 e. The van der Waals surface area contributed by atoms with Crippen molar-refractivity contribution in [2.45, 2.75) is 37.4 Å². The number of carbonyl (C=O) groups is 1. The van der Waals surface area contributed by atoms with Crippen molar-refractivity contribution in [1.29, 1.82) is 0 Å². The number of aromatic nitrogens is 3. The fourth-order valence-electron chi connectivity index (χ4n) is 4.37. The minimum Gasteiger partial charge on any atom is -0.381 e. The molecule has 7 nitrogen and oxygen atoms in total. The lowest BCUT2D eigenvalue weighted by Crippen LogP contribution is -2.51. The van der Waals surface area contributed by atoms with Crippen LogP contribution in [0.4, 0.5) is 19.0 Å². The van der Waals surface area contributed by atoms with Crippen molar-refractivity contribution in [1.82, 2.24) is 19.9 Å². The zero-order valence-corrected chi connectivity index (χ0v) is 16.4. The molecule has 2 aliphatic rings. The van der Waals surface area contributed by atoms with Crippen LogP contribution in [0.5, 0.6) is 0 Å². The summed E-state index contributed by atoms with van der Waals surface area (Å²) in [6.45, 7) is 4.53. The molecular formula is C20H24F3N5O2. The highest BCUT2D eigenvalue weighted by Crippen LogP contribution is 2.37. The number of amides is 1. The molecule has 0 aliphatic carbocycles. The molecule has 2 aromatic rings. The molecule has 0 spiro atoms. The second-order valence-electron chi connectivity index (χ2n) is 7.84. The number of anilines is 1. The smallest absolute Gasteiger partial charge is 0.381 e. The molecule has 2 N–H and O–H groups in total. The Labute approximate surface area is 171 Å². The van der Waals surface area contributed by atoms with Crippen LogP contribution in [0.2, 0.25) is 0 Å². The van der Waals surface area contributed by atoms with Crippen molar-refractivity contribution in [3.63, 3.8) is 0 Å². The van der Waals surface area contributed by atoms with E-state index in [1.165, 1.54) is 11.2 Å². The van der Waals surface area contributed by atoms with E-state index in [0.717, 1.165) is 29.9 Å². The van der Waals surface area contributed by atoms with Gasteiger partial charge in [0, 0.05) is 38.5 Å². The quantitative estimate of drug-likeness (QED) is 0.738. The highest BCUT2D eigenvalue weighted by Gasteiger charge is 2.45. The Morgan fingerprint density at radius 3 is 2.77 bits per heavy atom. The van der Waals surface area contributed by atoms with Gasteiger partial charge in [0.15, 0.2) is 0 Å². The summed E-state index contributed by atoms with van der Waals surface area (Å²) in [4.78, 5) is 25.0. The first kappa shape index (κ1) is 20.6. The first-order chi connectivity index (χ1) is 14.4. The average Bonchev–Trinajstić information content (AvgIpc) is 3.18. The monoisotopic (exact) mass is 423 g/mol. The Hall–Kier alpha value is -2.62. The lowest BCUT2D eigenvalue weighted by Gasteiger charge is -2.38. The van der Waals surface area contributed by atoms with Gasteiger partial charge in [-0.25, -0.2) is 9.97 Å². The highest BCUT2D eigenvalue weighted by atomic mass is 19.4. The lowest BCUT2D eigenvalue weighted by atomic mass is 9.91. The van der Waals surface area contributed by atoms with Gasteiger partial charge >= 0.3 is 6.18 Å². The number of rotatable bonds is 4. The molecule has 0 radical (unpaired) electrons. The molecule has 1 amide bonds. The standard InChI is InChI=1S/C20H24F3N5O2/c1-2-16(29)28-9-13(20(21,22)23)7-14(10-28)27-19-17-15(12-3-5-30-6-4-12)8-24-18(17)25-11-26-19/h2,8,11-14H,1,3-7,9-10H2,(H2,24,25,26,27)/t13-,14-/m1/s1. The van der Waals surface area contributed by atoms with E-state index >= 15 is 0 Å². The van der Waals surface area contributed by atoms with Gasteiger partial charge in [0.25, 0.3) is 0 Å². The topological polar surface area (TPSA) is 83.1 Å². The predicted molar refractivity (Wildman–Crippen MR) is 105 cm³/mol. The van der Waals surface area contributed by atoms with Gasteiger partial charge in [-0.3, -0.25) is 4.79 Å². The van der Waals surface area contributed by atoms with E-state index < -0.39 is 24.0 Å². The first-order valence-electron chi connectivity index (χ1n) is 10.0. The normalized spacial score (nSPS) is 23.5. The van der Waals surface area contributed by atoms with Crippen LogP contribution in [0.1, 0.15) is 30.7 Å². The van der Waals surface area contributed by atoms with E-state index in [1.807, 2.05) is 6.20 Å². The maximum Gasteiger partial charge on any atom is 0.393 e. The maximum atomic E-state index is 13.5. The molecule has 4 heterocycles. The van der Waals surface area contributed by atoms with Crippen molar-refractivity contribution in [3.05, 3.63) is 30.7 Å². The summed E-state index contributed by atoms with van der Waals surface area (Å²) in [5.74, 6) is -1.35. The van der Waals surface area contributed by atoms with Crippen LogP contribution in [0.25, 0.3) is 11.0 Å². The van der Waals surface area contributed by atoms with Crippen LogP contribution in [0.15, 0.2) is 25.2 Å². The van der Waals surface area contributed by atoms with Crippen LogP contribution in [-0.4, -0.2) is 64.3 Å². The number of hydrogen-bond acceptors (Lipinski definition) is 5. The summed E-state index contributed by atoms with van der Waals surface area (Å²) in [6, 6.07) is -0.593. The van der Waals surface area contributed by atoms with Gasteiger partial charge in [-0.1, -0.05) is 6.58 Å². The van der Waals surface area contributed by atoms with Crippen LogP contribution in [0, 0.1) is 5.92 Å². The van der Waals surface area contributed by atoms with Gasteiger partial charge in [0.2, 0.25) is 5.91 Å². The van der Waals surface area contributed by atoms with Gasteiger partial charge in [-0.2, -0.15) is 13.2 Å². The Balaban J connectivity index is 1.63. The van der Waals surface area contributed by atoms with Crippen LogP contribution in [-0.2, 0) is 9.53 Å².